The van der Waals surface area contributed by atoms with Crippen LogP contribution in [0.1, 0.15) is 11.1 Å². The molecule has 0 heterocycles. The second kappa shape index (κ2) is 11.0. The minimum atomic E-state index is -3.51. The average Bonchev–Trinajstić information content (AvgIpc) is 2.62. The molecule has 6 nitrogen and oxygen atoms in total. The Balaban J connectivity index is 0.00000392. The molecule has 0 aromatic heterocycles. The molecule has 1 N–H and O–H groups in total. The first kappa shape index (κ1) is 24.7. The van der Waals surface area contributed by atoms with Crippen molar-refractivity contribution in [3.63, 3.8) is 0 Å². The van der Waals surface area contributed by atoms with Gasteiger partial charge in [-0.2, -0.15) is 0 Å². The smallest absolute Gasteiger partial charge is 0.242 e. The van der Waals surface area contributed by atoms with Gasteiger partial charge in [0, 0.05) is 46.3 Å². The van der Waals surface area contributed by atoms with Crippen LogP contribution in [0.25, 0.3) is 0 Å². The summed E-state index contributed by atoms with van der Waals surface area (Å²) in [6.45, 7) is 0.966. The summed E-state index contributed by atoms with van der Waals surface area (Å²) >= 11 is 6.04. The van der Waals surface area contributed by atoms with Crippen LogP contribution < -0.4 is 5.32 Å². The summed E-state index contributed by atoms with van der Waals surface area (Å²) in [4.78, 5) is 6.53. The first-order valence-electron chi connectivity index (χ1n) is 8.42. The van der Waals surface area contributed by atoms with Crippen LogP contribution in [0.3, 0.4) is 0 Å². The summed E-state index contributed by atoms with van der Waals surface area (Å²) in [5, 5.41) is 3.92. The van der Waals surface area contributed by atoms with Gasteiger partial charge in [0.15, 0.2) is 5.96 Å². The van der Waals surface area contributed by atoms with Crippen molar-refractivity contribution in [2.75, 3.05) is 28.2 Å². The summed E-state index contributed by atoms with van der Waals surface area (Å²) in [6, 6.07) is 14.6. The van der Waals surface area contributed by atoms with E-state index in [0.29, 0.717) is 29.6 Å². The second-order valence-corrected chi connectivity index (χ2v) is 8.84. The quantitative estimate of drug-likeness (QED) is 0.349. The number of nitrogens with one attached hydrogen (secondary N) is 1. The molecule has 2 rings (SSSR count). The number of hydrogen-bond donors (Lipinski definition) is 1. The lowest BCUT2D eigenvalue weighted by atomic mass is 10.2. The Hall–Kier alpha value is -1.36. The van der Waals surface area contributed by atoms with Crippen LogP contribution in [0.2, 0.25) is 5.02 Å². The predicted molar refractivity (Wildman–Crippen MR) is 126 cm³/mol. The van der Waals surface area contributed by atoms with Crippen molar-refractivity contribution in [3.05, 3.63) is 64.7 Å². The van der Waals surface area contributed by atoms with E-state index in [2.05, 4.69) is 10.3 Å². The van der Waals surface area contributed by atoms with Crippen molar-refractivity contribution in [1.82, 2.24) is 14.5 Å². The molecule has 2 aromatic rings. The lowest BCUT2D eigenvalue weighted by Crippen LogP contribution is -2.38. The number of guanidine groups is 1. The summed E-state index contributed by atoms with van der Waals surface area (Å²) in [7, 11) is 3.15. The molecule has 0 aliphatic heterocycles. The van der Waals surface area contributed by atoms with Crippen LogP contribution in [0, 0.1) is 0 Å². The van der Waals surface area contributed by atoms with E-state index in [4.69, 9.17) is 11.6 Å². The molecule has 0 aliphatic carbocycles. The number of hydrogen-bond acceptors (Lipinski definition) is 3. The van der Waals surface area contributed by atoms with Crippen LogP contribution in [-0.4, -0.2) is 51.8 Å². The molecular formula is C19H26ClIN4O2S. The zero-order valence-electron chi connectivity index (χ0n) is 16.4. The van der Waals surface area contributed by atoms with E-state index in [0.717, 1.165) is 5.56 Å². The fourth-order valence-electron chi connectivity index (χ4n) is 2.64. The summed E-state index contributed by atoms with van der Waals surface area (Å²) in [6.07, 6.45) is 0. The lowest BCUT2D eigenvalue weighted by Gasteiger charge is -2.23. The first-order chi connectivity index (χ1) is 12.8. The number of sulfonamides is 1. The van der Waals surface area contributed by atoms with Gasteiger partial charge in [-0.15, -0.1) is 24.0 Å². The Kier molecular flexibility index (Phi) is 9.68. The third-order valence-corrected chi connectivity index (χ3v) is 6.20. The monoisotopic (exact) mass is 536 g/mol. The van der Waals surface area contributed by atoms with Crippen LogP contribution in [0.5, 0.6) is 0 Å². The summed E-state index contributed by atoms with van der Waals surface area (Å²) in [5.74, 6) is 0.659. The maximum absolute atomic E-state index is 12.5. The number of rotatable bonds is 6. The first-order valence-corrected chi connectivity index (χ1v) is 10.2. The highest BCUT2D eigenvalue weighted by atomic mass is 127. The Morgan fingerprint density at radius 3 is 2.39 bits per heavy atom. The van der Waals surface area contributed by atoms with Gasteiger partial charge in [0.05, 0.1) is 4.90 Å². The fraction of sp³-hybridized carbons (Fsp3) is 0.316. The van der Waals surface area contributed by atoms with Gasteiger partial charge in [-0.25, -0.2) is 12.7 Å². The van der Waals surface area contributed by atoms with Crippen LogP contribution in [0.4, 0.5) is 0 Å². The van der Waals surface area contributed by atoms with E-state index in [1.54, 1.807) is 25.2 Å². The van der Waals surface area contributed by atoms with Gasteiger partial charge < -0.3 is 10.2 Å². The van der Waals surface area contributed by atoms with Crippen molar-refractivity contribution in [2.45, 2.75) is 18.0 Å². The van der Waals surface area contributed by atoms with Gasteiger partial charge >= 0.3 is 0 Å². The van der Waals surface area contributed by atoms with Crippen molar-refractivity contribution in [3.8, 4) is 0 Å². The minimum absolute atomic E-state index is 0. The molecule has 0 atom stereocenters. The Morgan fingerprint density at radius 2 is 1.79 bits per heavy atom. The zero-order chi connectivity index (χ0) is 20.0. The third kappa shape index (κ3) is 6.33. The molecule has 9 heteroatoms. The van der Waals surface area contributed by atoms with Crippen LogP contribution in [0.15, 0.2) is 58.4 Å². The predicted octanol–water partition coefficient (Wildman–Crippen LogP) is 3.42. The van der Waals surface area contributed by atoms with E-state index >= 15 is 0 Å². The number of halogens is 2. The van der Waals surface area contributed by atoms with E-state index in [9.17, 15) is 8.42 Å². The molecule has 2 aromatic carbocycles. The maximum atomic E-state index is 12.5. The molecule has 28 heavy (non-hydrogen) atoms. The minimum Gasteiger partial charge on any atom is -0.352 e. The summed E-state index contributed by atoms with van der Waals surface area (Å²) in [5.41, 5.74) is 1.74. The van der Waals surface area contributed by atoms with Gasteiger partial charge in [-0.3, -0.25) is 4.99 Å². The number of benzene rings is 2. The number of nitrogens with zero attached hydrogens (tertiary/aromatic N) is 3. The largest absolute Gasteiger partial charge is 0.352 e. The van der Waals surface area contributed by atoms with Gasteiger partial charge in [0.25, 0.3) is 0 Å². The highest BCUT2D eigenvalue weighted by molar-refractivity contribution is 14.0. The molecule has 0 aliphatic rings. The zero-order valence-corrected chi connectivity index (χ0v) is 20.3. The molecule has 0 amide bonds. The maximum Gasteiger partial charge on any atom is 0.242 e. The average molecular weight is 537 g/mol. The van der Waals surface area contributed by atoms with Crippen molar-refractivity contribution >= 4 is 51.6 Å². The van der Waals surface area contributed by atoms with Gasteiger partial charge in [-0.1, -0.05) is 41.9 Å². The molecule has 0 unspecified atom stereocenters. The highest BCUT2D eigenvalue weighted by Gasteiger charge is 2.20. The number of aliphatic imine (C=N–C) groups is 1. The molecule has 0 fully saturated rings. The van der Waals surface area contributed by atoms with Crippen LogP contribution in [-0.2, 0) is 23.1 Å². The Labute approximate surface area is 189 Å². The van der Waals surface area contributed by atoms with Gasteiger partial charge in [0.2, 0.25) is 10.0 Å². The van der Waals surface area contributed by atoms with Crippen molar-refractivity contribution in [2.24, 2.45) is 4.99 Å². The topological polar surface area (TPSA) is 65.0 Å². The molecule has 0 saturated carbocycles. The van der Waals surface area contributed by atoms with Gasteiger partial charge in [0.1, 0.15) is 0 Å². The second-order valence-electron chi connectivity index (χ2n) is 6.28. The molecular weight excluding hydrogens is 511 g/mol. The molecule has 0 spiro atoms. The SMILES string of the molecule is CN=C(NCc1ccccc1S(=O)(=O)N(C)C)N(C)Cc1cccc(Cl)c1.I. The van der Waals surface area contributed by atoms with Crippen LogP contribution >= 0.6 is 35.6 Å². The van der Waals surface area contributed by atoms with Crippen molar-refractivity contribution in [1.29, 1.82) is 0 Å². The van der Waals surface area contributed by atoms with Gasteiger partial charge in [-0.05, 0) is 29.3 Å². The normalized spacial score (nSPS) is 11.9. The standard InChI is InChI=1S/C19H25ClN4O2S.HI/c1-21-19(24(4)14-15-8-7-10-17(20)12-15)22-13-16-9-5-6-11-18(16)27(25,26)23(2)3;/h5-12H,13-14H2,1-4H3,(H,21,22);1H. The van der Waals surface area contributed by atoms with E-state index in [-0.39, 0.29) is 28.9 Å². The Bertz CT molecular complexity index is 920. The Morgan fingerprint density at radius 1 is 1.11 bits per heavy atom. The molecule has 0 bridgehead atoms. The molecule has 154 valence electrons. The molecule has 0 radical (unpaired) electrons. The van der Waals surface area contributed by atoms with E-state index < -0.39 is 10.0 Å². The fourth-order valence-corrected chi connectivity index (χ4v) is 3.97. The van der Waals surface area contributed by atoms with E-state index in [1.807, 2.05) is 42.3 Å². The van der Waals surface area contributed by atoms with Crippen molar-refractivity contribution < 1.29 is 8.42 Å². The molecule has 0 saturated heterocycles. The third-order valence-electron chi connectivity index (χ3n) is 4.05. The van der Waals surface area contributed by atoms with E-state index in [1.165, 1.54) is 18.4 Å². The highest BCUT2D eigenvalue weighted by Crippen LogP contribution is 2.18. The lowest BCUT2D eigenvalue weighted by molar-refractivity contribution is 0.476. The summed E-state index contributed by atoms with van der Waals surface area (Å²) < 4.78 is 26.3.